The molecule has 1 fully saturated rings. The number of hydrogen-bond donors (Lipinski definition) is 3. The number of thioether (sulfide) groups is 1. The van der Waals surface area contributed by atoms with Gasteiger partial charge in [-0.25, -0.2) is 4.79 Å². The zero-order chi connectivity index (χ0) is 15.7. The van der Waals surface area contributed by atoms with Crippen LogP contribution in [0.1, 0.15) is 20.3 Å². The molecule has 2 aliphatic heterocycles. The van der Waals surface area contributed by atoms with Crippen LogP contribution in [0.25, 0.3) is 0 Å². The third kappa shape index (κ3) is 2.81. The Morgan fingerprint density at radius 2 is 2.19 bits per heavy atom. The van der Waals surface area contributed by atoms with E-state index >= 15 is 0 Å². The van der Waals surface area contributed by atoms with Gasteiger partial charge in [-0.15, -0.1) is 0 Å². The zero-order valence-corrected chi connectivity index (χ0v) is 12.4. The number of hydrogen-bond acceptors (Lipinski definition) is 5. The maximum Gasteiger partial charge on any atom is 0.353 e. The summed E-state index contributed by atoms with van der Waals surface area (Å²) in [6, 6.07) is -0.291. The van der Waals surface area contributed by atoms with Crippen molar-refractivity contribution in [3.05, 3.63) is 22.2 Å². The number of carboxylic acids is 1. The van der Waals surface area contributed by atoms with E-state index in [0.29, 0.717) is 11.3 Å². The van der Waals surface area contributed by atoms with E-state index in [9.17, 15) is 24.6 Å². The first kappa shape index (κ1) is 15.6. The van der Waals surface area contributed by atoms with E-state index in [0.717, 1.165) is 11.8 Å². The lowest BCUT2D eigenvalue weighted by atomic mass is 9.83. The van der Waals surface area contributed by atoms with Gasteiger partial charge >= 0.3 is 5.97 Å². The lowest BCUT2D eigenvalue weighted by molar-refractivity contribution is -0.161. The highest BCUT2D eigenvalue weighted by atomic mass is 32.2. The summed E-state index contributed by atoms with van der Waals surface area (Å²) in [5.74, 6) is -2.28. The van der Waals surface area contributed by atoms with Crippen LogP contribution in [0.4, 0.5) is 0 Å². The van der Waals surface area contributed by atoms with Gasteiger partial charge in [0.15, 0.2) is 0 Å². The molecule has 21 heavy (non-hydrogen) atoms. The predicted molar refractivity (Wildman–Crippen MR) is 75.6 cm³/mol. The molecule has 0 aromatic rings. The first-order chi connectivity index (χ1) is 9.84. The summed E-state index contributed by atoms with van der Waals surface area (Å²) in [6.45, 7) is 2.90. The molecule has 7 nitrogen and oxygen atoms in total. The normalized spacial score (nSPS) is 25.9. The molecule has 0 unspecified atom stereocenters. The first-order valence-electron chi connectivity index (χ1n) is 6.41. The molecule has 0 spiro atoms. The second-order valence-electron chi connectivity index (χ2n) is 4.94. The van der Waals surface area contributed by atoms with Crippen molar-refractivity contribution in [1.82, 2.24) is 10.2 Å². The van der Waals surface area contributed by atoms with Gasteiger partial charge in [0.2, 0.25) is 11.8 Å². The van der Waals surface area contributed by atoms with Crippen LogP contribution in [0.15, 0.2) is 22.2 Å². The van der Waals surface area contributed by atoms with Gasteiger partial charge in [0, 0.05) is 24.4 Å². The molecule has 114 valence electrons. The summed E-state index contributed by atoms with van der Waals surface area (Å²) in [4.78, 5) is 35.8. The Bertz CT molecular complexity index is 555. The summed E-state index contributed by atoms with van der Waals surface area (Å²) in [5.41, 5.74) is -0.0284. The van der Waals surface area contributed by atoms with Crippen molar-refractivity contribution >= 4 is 29.5 Å². The SMILES string of the molecule is CC(=O)NC=CSC1=C(C(=O)O)N2C(=O)[C@@H]([C@H](C)O)[C@H]2C1. The van der Waals surface area contributed by atoms with Crippen molar-refractivity contribution in [2.45, 2.75) is 32.4 Å². The molecule has 3 N–H and O–H groups in total. The molecule has 2 heterocycles. The minimum Gasteiger partial charge on any atom is -0.477 e. The zero-order valence-electron chi connectivity index (χ0n) is 11.6. The molecule has 3 atom stereocenters. The molecule has 1 saturated heterocycles. The Morgan fingerprint density at radius 3 is 2.71 bits per heavy atom. The highest BCUT2D eigenvalue weighted by Crippen LogP contribution is 2.47. The van der Waals surface area contributed by atoms with Crippen molar-refractivity contribution in [3.63, 3.8) is 0 Å². The summed E-state index contributed by atoms with van der Waals surface area (Å²) in [7, 11) is 0. The van der Waals surface area contributed by atoms with E-state index in [4.69, 9.17) is 0 Å². The number of nitrogens with one attached hydrogen (secondary N) is 1. The van der Waals surface area contributed by atoms with E-state index in [2.05, 4.69) is 5.32 Å². The number of nitrogens with zero attached hydrogens (tertiary/aromatic N) is 1. The molecule has 0 aromatic heterocycles. The molecule has 0 radical (unpaired) electrons. The quantitative estimate of drug-likeness (QED) is 0.628. The highest BCUT2D eigenvalue weighted by Gasteiger charge is 2.56. The molecule has 0 aliphatic carbocycles. The van der Waals surface area contributed by atoms with E-state index in [1.54, 1.807) is 5.41 Å². The van der Waals surface area contributed by atoms with Crippen molar-refractivity contribution in [1.29, 1.82) is 0 Å². The predicted octanol–water partition coefficient (Wildman–Crippen LogP) is 0.235. The molecule has 0 saturated carbocycles. The van der Waals surface area contributed by atoms with E-state index in [1.807, 2.05) is 0 Å². The number of carbonyl (C=O) groups is 3. The fraction of sp³-hybridized carbons (Fsp3) is 0.462. The monoisotopic (exact) mass is 312 g/mol. The number of fused-ring (bicyclic) bond motifs is 1. The van der Waals surface area contributed by atoms with Gasteiger partial charge in [0.1, 0.15) is 5.70 Å². The van der Waals surface area contributed by atoms with Gasteiger partial charge in [-0.1, -0.05) is 11.8 Å². The van der Waals surface area contributed by atoms with E-state index in [1.165, 1.54) is 24.9 Å². The fourth-order valence-corrected chi connectivity index (χ4v) is 3.47. The maximum atomic E-state index is 11.9. The molecular formula is C13H16N2O5S. The third-order valence-corrected chi connectivity index (χ3v) is 4.37. The van der Waals surface area contributed by atoms with Crippen LogP contribution in [0.5, 0.6) is 0 Å². The molecule has 2 amide bonds. The number of aliphatic hydroxyl groups is 1. The molecular weight excluding hydrogens is 296 g/mol. The largest absolute Gasteiger partial charge is 0.477 e. The fourth-order valence-electron chi connectivity index (χ4n) is 2.60. The van der Waals surface area contributed by atoms with Gasteiger partial charge in [0.25, 0.3) is 0 Å². The number of carbonyl (C=O) groups excluding carboxylic acids is 2. The van der Waals surface area contributed by atoms with Crippen molar-refractivity contribution < 1.29 is 24.6 Å². The third-order valence-electron chi connectivity index (χ3n) is 3.46. The van der Waals surface area contributed by atoms with Crippen LogP contribution in [-0.4, -0.2) is 45.0 Å². The van der Waals surface area contributed by atoms with Crippen LogP contribution in [-0.2, 0) is 14.4 Å². The summed E-state index contributed by atoms with van der Waals surface area (Å²) >= 11 is 1.15. The smallest absolute Gasteiger partial charge is 0.353 e. The molecule has 0 bridgehead atoms. The molecule has 2 rings (SSSR count). The number of aliphatic carboxylic acids is 1. The Hall–Kier alpha value is -1.80. The molecule has 8 heteroatoms. The topological polar surface area (TPSA) is 107 Å². The maximum absolute atomic E-state index is 11.9. The molecule has 0 aromatic carbocycles. The average Bonchev–Trinajstić information content (AvgIpc) is 2.68. The van der Waals surface area contributed by atoms with Crippen LogP contribution >= 0.6 is 11.8 Å². The Morgan fingerprint density at radius 1 is 1.52 bits per heavy atom. The van der Waals surface area contributed by atoms with Crippen LogP contribution in [0, 0.1) is 5.92 Å². The first-order valence-corrected chi connectivity index (χ1v) is 7.29. The second-order valence-corrected chi connectivity index (χ2v) is 5.94. The number of carboxylic acid groups (broad SMARTS) is 1. The number of β-lactam (4-membered cyclic amide) rings is 1. The summed E-state index contributed by atoms with van der Waals surface area (Å²) in [6.07, 6.45) is 1.02. The Kier molecular flexibility index (Phi) is 4.38. The summed E-state index contributed by atoms with van der Waals surface area (Å²) < 4.78 is 0. The summed E-state index contributed by atoms with van der Waals surface area (Å²) in [5, 5.41) is 22.9. The highest BCUT2D eigenvalue weighted by molar-refractivity contribution is 8.05. The number of rotatable bonds is 5. The van der Waals surface area contributed by atoms with Crippen molar-refractivity contribution in [2.75, 3.05) is 0 Å². The van der Waals surface area contributed by atoms with Crippen molar-refractivity contribution in [2.24, 2.45) is 5.92 Å². The standard InChI is InChI=1S/C13H16N2O5S/c1-6(16)10-8-5-9(21-4-3-14-7(2)17)11(13(19)20)15(8)12(10)18/h3-4,6,8,10,16H,5H2,1-2H3,(H,14,17)(H,19,20)/t6-,8+,10-/m0/s1. The van der Waals surface area contributed by atoms with Crippen LogP contribution in [0.3, 0.4) is 0 Å². The average molecular weight is 312 g/mol. The van der Waals surface area contributed by atoms with Gasteiger partial charge in [-0.2, -0.15) is 0 Å². The minimum atomic E-state index is -1.16. The number of aliphatic hydroxyl groups excluding tert-OH is 1. The molecule has 2 aliphatic rings. The van der Waals surface area contributed by atoms with Crippen LogP contribution in [0.2, 0.25) is 0 Å². The van der Waals surface area contributed by atoms with Gasteiger partial charge in [-0.05, 0) is 12.3 Å². The van der Waals surface area contributed by atoms with Gasteiger partial charge < -0.3 is 20.4 Å². The lowest BCUT2D eigenvalue weighted by Crippen LogP contribution is -2.61. The van der Waals surface area contributed by atoms with Crippen LogP contribution < -0.4 is 5.32 Å². The Labute approximate surface area is 125 Å². The minimum absolute atomic E-state index is 0.0284. The van der Waals surface area contributed by atoms with Gasteiger partial charge in [0.05, 0.1) is 18.1 Å². The van der Waals surface area contributed by atoms with E-state index in [-0.39, 0.29) is 23.6 Å². The van der Waals surface area contributed by atoms with Crippen molar-refractivity contribution in [3.8, 4) is 0 Å². The lowest BCUT2D eigenvalue weighted by Gasteiger charge is -2.44. The number of amides is 2. The Balaban J connectivity index is 2.13. The van der Waals surface area contributed by atoms with E-state index < -0.39 is 18.0 Å². The second kappa shape index (κ2) is 5.90. The van der Waals surface area contributed by atoms with Gasteiger partial charge in [-0.3, -0.25) is 9.59 Å².